The highest BCUT2D eigenvalue weighted by atomic mass is 32.1. The zero-order valence-electron chi connectivity index (χ0n) is 21.2. The summed E-state index contributed by atoms with van der Waals surface area (Å²) in [6.45, 7) is 3.73. The van der Waals surface area contributed by atoms with Crippen LogP contribution >= 0.6 is 12.6 Å². The van der Waals surface area contributed by atoms with Crippen LogP contribution in [0.25, 0.3) is 33.4 Å². The van der Waals surface area contributed by atoms with Gasteiger partial charge in [-0.15, -0.1) is 0 Å². The number of nitrogen functional groups attached to an aromatic ring is 1. The molecule has 0 aliphatic carbocycles. The quantitative estimate of drug-likeness (QED) is 0.247. The van der Waals surface area contributed by atoms with Crippen LogP contribution in [0.1, 0.15) is 12.6 Å². The van der Waals surface area contributed by atoms with E-state index in [-0.39, 0.29) is 17.8 Å². The van der Waals surface area contributed by atoms with Gasteiger partial charge in [0.05, 0.1) is 11.1 Å². The normalized spacial score (nSPS) is 11.9. The number of carbonyl (C=O) groups is 1. The number of ether oxygens (including phenoxy) is 1. The third-order valence-electron chi connectivity index (χ3n) is 6.27. The van der Waals surface area contributed by atoms with Gasteiger partial charge in [0.25, 0.3) is 0 Å². The van der Waals surface area contributed by atoms with E-state index >= 15 is 0 Å². The van der Waals surface area contributed by atoms with Crippen molar-refractivity contribution in [3.63, 3.8) is 0 Å². The number of rotatable bonds is 7. The molecule has 0 radical (unpaired) electrons. The average molecular weight is 526 g/mol. The lowest BCUT2D eigenvalue weighted by Gasteiger charge is -2.12. The maximum absolute atomic E-state index is 12.3. The number of benzene rings is 2. The Balaban J connectivity index is 1.55. The molecule has 5 aromatic rings. The number of fused-ring (bicyclic) bond motifs is 1. The molecule has 192 valence electrons. The van der Waals surface area contributed by atoms with Crippen molar-refractivity contribution in [1.29, 1.82) is 0 Å². The second kappa shape index (κ2) is 10.5. The molecule has 0 saturated heterocycles. The van der Waals surface area contributed by atoms with Gasteiger partial charge < -0.3 is 20.4 Å². The maximum Gasteiger partial charge on any atom is 0.322 e. The summed E-state index contributed by atoms with van der Waals surface area (Å²) in [6.07, 6.45) is 3.13. The highest BCUT2D eigenvalue weighted by molar-refractivity contribution is 7.80. The molecule has 1 amide bonds. The first-order valence-corrected chi connectivity index (χ1v) is 12.7. The Morgan fingerprint density at radius 3 is 2.45 bits per heavy atom. The fourth-order valence-electron chi connectivity index (χ4n) is 4.22. The number of aryl methyl sites for hydroxylation is 2. The van der Waals surface area contributed by atoms with Crippen LogP contribution in [-0.4, -0.2) is 36.2 Å². The molecule has 3 N–H and O–H groups in total. The van der Waals surface area contributed by atoms with Gasteiger partial charge in [-0.05, 0) is 48.4 Å². The summed E-state index contributed by atoms with van der Waals surface area (Å²) in [4.78, 5) is 29.5. The molecule has 0 aliphatic heterocycles. The second-order valence-corrected chi connectivity index (χ2v) is 9.36. The Bertz CT molecular complexity index is 1620. The van der Waals surface area contributed by atoms with E-state index in [1.165, 1.54) is 6.33 Å². The number of nitrogens with two attached hydrogens (primary N) is 1. The van der Waals surface area contributed by atoms with Gasteiger partial charge in [0.15, 0.2) is 0 Å². The fourth-order valence-corrected chi connectivity index (χ4v) is 4.39. The van der Waals surface area contributed by atoms with Crippen molar-refractivity contribution in [2.75, 3.05) is 16.8 Å². The minimum Gasteiger partial charge on any atom is -0.424 e. The first kappa shape index (κ1) is 25.2. The van der Waals surface area contributed by atoms with Gasteiger partial charge in [-0.3, -0.25) is 4.79 Å². The molecule has 38 heavy (non-hydrogen) atoms. The Kier molecular flexibility index (Phi) is 6.97. The molecule has 3 heterocycles. The molecular weight excluding hydrogens is 498 g/mol. The van der Waals surface area contributed by atoms with E-state index in [9.17, 15) is 4.79 Å². The van der Waals surface area contributed by atoms with Crippen molar-refractivity contribution in [3.05, 3.63) is 72.8 Å². The number of nitrogens with zero attached hydrogens (tertiary/aromatic N) is 5. The Labute approximate surface area is 225 Å². The molecule has 0 fully saturated rings. The Morgan fingerprint density at radius 2 is 1.76 bits per heavy atom. The average Bonchev–Trinajstić information content (AvgIpc) is 3.22. The number of nitrogens with one attached hydrogen (secondary N) is 1. The first-order valence-electron chi connectivity index (χ1n) is 12.0. The molecule has 2 aromatic carbocycles. The maximum atomic E-state index is 12.3. The first-order chi connectivity index (χ1) is 18.4. The van der Waals surface area contributed by atoms with E-state index in [0.717, 1.165) is 39.1 Å². The lowest BCUT2D eigenvalue weighted by molar-refractivity contribution is -0.118. The lowest BCUT2D eigenvalue weighted by Crippen LogP contribution is -2.21. The van der Waals surface area contributed by atoms with Crippen molar-refractivity contribution in [2.45, 2.75) is 13.8 Å². The van der Waals surface area contributed by atoms with Crippen molar-refractivity contribution in [1.82, 2.24) is 24.5 Å². The van der Waals surface area contributed by atoms with Gasteiger partial charge in [0.1, 0.15) is 23.5 Å². The minimum absolute atomic E-state index is 0.0699. The second-order valence-electron chi connectivity index (χ2n) is 9.00. The van der Waals surface area contributed by atoms with Crippen LogP contribution in [0.5, 0.6) is 11.8 Å². The number of amides is 1. The van der Waals surface area contributed by atoms with E-state index in [0.29, 0.717) is 23.0 Å². The van der Waals surface area contributed by atoms with E-state index in [1.54, 1.807) is 6.20 Å². The number of anilines is 2. The van der Waals surface area contributed by atoms with Crippen molar-refractivity contribution >= 4 is 41.1 Å². The van der Waals surface area contributed by atoms with Crippen LogP contribution in [0.4, 0.5) is 11.5 Å². The van der Waals surface area contributed by atoms with Crippen LogP contribution in [0.15, 0.2) is 67.1 Å². The van der Waals surface area contributed by atoms with Gasteiger partial charge in [0.2, 0.25) is 5.91 Å². The third-order valence-corrected chi connectivity index (χ3v) is 6.82. The highest BCUT2D eigenvalue weighted by Crippen LogP contribution is 2.42. The molecular formula is C28H27N7O2S. The smallest absolute Gasteiger partial charge is 0.322 e. The number of aromatic nitrogens is 5. The molecule has 0 saturated carbocycles. The van der Waals surface area contributed by atoms with Crippen molar-refractivity contribution in [2.24, 2.45) is 13.0 Å². The van der Waals surface area contributed by atoms with E-state index < -0.39 is 0 Å². The van der Waals surface area contributed by atoms with Crippen LogP contribution in [0.2, 0.25) is 0 Å². The van der Waals surface area contributed by atoms with Crippen LogP contribution in [0.3, 0.4) is 0 Å². The monoisotopic (exact) mass is 525 g/mol. The van der Waals surface area contributed by atoms with Crippen LogP contribution in [-0.2, 0) is 11.8 Å². The predicted molar refractivity (Wildman–Crippen MR) is 152 cm³/mol. The Hall–Kier alpha value is -4.44. The zero-order chi connectivity index (χ0) is 26.8. The summed E-state index contributed by atoms with van der Waals surface area (Å²) in [6, 6.07) is 17.5. The number of carbonyl (C=O) groups excluding carboxylic acids is 1. The highest BCUT2D eigenvalue weighted by Gasteiger charge is 2.22. The SMILES string of the molecule is Cc1ccnc(Oc2ccc(-c3c(-c4ccc(NC(=O)[C@H](C)CS)cc4)n(C)c4ncnc(N)c34)cc2)n1. The fraction of sp³-hybridized carbons (Fsp3) is 0.179. The zero-order valence-corrected chi connectivity index (χ0v) is 22.1. The summed E-state index contributed by atoms with van der Waals surface area (Å²) < 4.78 is 7.84. The van der Waals surface area contributed by atoms with Gasteiger partial charge in [-0.1, -0.05) is 31.2 Å². The summed E-state index contributed by atoms with van der Waals surface area (Å²) in [5, 5.41) is 3.70. The molecule has 0 aliphatic rings. The third kappa shape index (κ3) is 4.90. The van der Waals surface area contributed by atoms with Crippen molar-refractivity contribution in [3.8, 4) is 34.1 Å². The number of hydrogen-bond donors (Lipinski definition) is 3. The summed E-state index contributed by atoms with van der Waals surface area (Å²) in [5.74, 6) is 1.23. The lowest BCUT2D eigenvalue weighted by atomic mass is 9.98. The van der Waals surface area contributed by atoms with Crippen LogP contribution in [0, 0.1) is 12.8 Å². The van der Waals surface area contributed by atoms with Gasteiger partial charge >= 0.3 is 6.01 Å². The van der Waals surface area contributed by atoms with Gasteiger partial charge in [0, 0.05) is 41.9 Å². The summed E-state index contributed by atoms with van der Waals surface area (Å²) in [7, 11) is 1.95. The largest absolute Gasteiger partial charge is 0.424 e. The molecule has 5 rings (SSSR count). The molecule has 0 bridgehead atoms. The predicted octanol–water partition coefficient (Wildman–Crippen LogP) is 5.28. The summed E-state index contributed by atoms with van der Waals surface area (Å²) >= 11 is 4.21. The van der Waals surface area contributed by atoms with E-state index in [1.807, 2.05) is 80.1 Å². The van der Waals surface area contributed by atoms with Gasteiger partial charge in [-0.2, -0.15) is 12.6 Å². The molecule has 0 spiro atoms. The van der Waals surface area contributed by atoms with E-state index in [4.69, 9.17) is 10.5 Å². The Morgan fingerprint density at radius 1 is 1.05 bits per heavy atom. The summed E-state index contributed by atoms with van der Waals surface area (Å²) in [5.41, 5.74) is 12.3. The van der Waals surface area contributed by atoms with Crippen molar-refractivity contribution < 1.29 is 9.53 Å². The standard InChI is InChI=1S/C28H27N7O2S/c1-16(14-38)27(36)34-20-8-4-19(5-9-20)24-22(23-25(29)31-15-32-26(23)35(24)3)18-6-10-21(11-7-18)37-28-30-13-12-17(2)33-28/h4-13,15-16,38H,14H2,1-3H3,(H,34,36)(H2,29,31,32)/t16-/m1/s1. The molecule has 10 heteroatoms. The topological polar surface area (TPSA) is 121 Å². The molecule has 0 unspecified atom stereocenters. The molecule has 9 nitrogen and oxygen atoms in total. The van der Waals surface area contributed by atoms with Crippen LogP contribution < -0.4 is 15.8 Å². The minimum atomic E-state index is -0.186. The number of hydrogen-bond acceptors (Lipinski definition) is 8. The molecule has 3 aromatic heterocycles. The number of thiol groups is 1. The molecule has 1 atom stereocenters. The van der Waals surface area contributed by atoms with E-state index in [2.05, 4.69) is 37.9 Å². The van der Waals surface area contributed by atoms with Gasteiger partial charge in [-0.25, -0.2) is 19.9 Å².